The van der Waals surface area contributed by atoms with Crippen LogP contribution in [0, 0.1) is 0 Å². The number of benzene rings is 2. The minimum absolute atomic E-state index is 0.0255. The van der Waals surface area contributed by atoms with Crippen LogP contribution in [0.4, 0.5) is 0 Å². The molecule has 2 heterocycles. The van der Waals surface area contributed by atoms with E-state index in [1.807, 2.05) is 6.07 Å². The van der Waals surface area contributed by atoms with Gasteiger partial charge in [-0.15, -0.1) is 0 Å². The molecule has 2 aliphatic heterocycles. The zero-order valence-electron chi connectivity index (χ0n) is 19.7. The quantitative estimate of drug-likeness (QED) is 0.237. The molecule has 7 atom stereocenters. The predicted molar refractivity (Wildman–Crippen MR) is 124 cm³/mol. The molecule has 2 aromatic carbocycles. The van der Waals surface area contributed by atoms with Gasteiger partial charge in [-0.1, -0.05) is 12.1 Å². The van der Waals surface area contributed by atoms with Crippen LogP contribution < -0.4 is 14.2 Å². The van der Waals surface area contributed by atoms with Gasteiger partial charge < -0.3 is 54.7 Å². The van der Waals surface area contributed by atoms with Gasteiger partial charge in [-0.05, 0) is 42.2 Å². The van der Waals surface area contributed by atoms with Gasteiger partial charge in [0.15, 0.2) is 23.0 Å². The number of phenols is 1. The number of aliphatic hydroxyl groups is 6. The van der Waals surface area contributed by atoms with Crippen LogP contribution in [0.2, 0.25) is 0 Å². The van der Waals surface area contributed by atoms with Gasteiger partial charge in [-0.25, -0.2) is 0 Å². The lowest BCUT2D eigenvalue weighted by Crippen LogP contribution is -2.60. The van der Waals surface area contributed by atoms with Crippen LogP contribution in [-0.4, -0.2) is 93.4 Å². The second-order valence-electron chi connectivity index (χ2n) is 8.91. The Balaban J connectivity index is 1.58. The topological polar surface area (TPSA) is 179 Å². The molecular weight excluding hydrogens is 476 g/mol. The lowest BCUT2D eigenvalue weighted by atomic mass is 9.90. The zero-order valence-corrected chi connectivity index (χ0v) is 19.7. The molecule has 1 fully saturated rings. The number of ether oxygens (including phenoxy) is 4. The van der Waals surface area contributed by atoms with Crippen molar-refractivity contribution in [2.24, 2.45) is 0 Å². The third-order valence-electron chi connectivity index (χ3n) is 6.60. The summed E-state index contributed by atoms with van der Waals surface area (Å²) < 4.78 is 22.6. The first-order valence-electron chi connectivity index (χ1n) is 11.7. The van der Waals surface area contributed by atoms with Crippen LogP contribution in [0.3, 0.4) is 0 Å². The molecule has 7 N–H and O–H groups in total. The number of fused-ring (bicyclic) bond motifs is 1. The number of phenolic OH excluding ortho intramolecular Hbond substituents is 1. The molecule has 4 rings (SSSR count). The SMILES string of the molecule is COc1cc([C@@H]2Oc3c(O)cc(CCCO)cc3[C@H]2CO)ccc1O[C@H]1O[C@@H](CO)[C@@H](O)[C@@H](O)[C@H]1O. The molecule has 2 aliphatic rings. The Kier molecular flexibility index (Phi) is 8.20. The van der Waals surface area contributed by atoms with E-state index in [1.165, 1.54) is 7.11 Å². The predicted octanol–water partition coefficient (Wildman–Crippen LogP) is -0.286. The van der Waals surface area contributed by atoms with Gasteiger partial charge in [0.25, 0.3) is 0 Å². The van der Waals surface area contributed by atoms with Crippen molar-refractivity contribution in [3.8, 4) is 23.0 Å². The van der Waals surface area contributed by atoms with Gasteiger partial charge >= 0.3 is 0 Å². The Hall–Kier alpha value is -2.64. The minimum Gasteiger partial charge on any atom is -0.504 e. The molecule has 0 amide bonds. The van der Waals surface area contributed by atoms with Gasteiger partial charge in [0.05, 0.1) is 26.2 Å². The number of aliphatic hydroxyl groups excluding tert-OH is 6. The molecule has 0 radical (unpaired) electrons. The van der Waals surface area contributed by atoms with Crippen LogP contribution >= 0.6 is 0 Å². The molecule has 36 heavy (non-hydrogen) atoms. The summed E-state index contributed by atoms with van der Waals surface area (Å²) in [5, 5.41) is 69.4. The lowest BCUT2D eigenvalue weighted by molar-refractivity contribution is -0.277. The van der Waals surface area contributed by atoms with Crippen molar-refractivity contribution in [2.75, 3.05) is 26.9 Å². The number of hydrogen-bond acceptors (Lipinski definition) is 11. The number of aryl methyl sites for hydroxylation is 1. The molecule has 198 valence electrons. The molecule has 2 aromatic rings. The van der Waals surface area contributed by atoms with E-state index in [1.54, 1.807) is 24.3 Å². The lowest BCUT2D eigenvalue weighted by Gasteiger charge is -2.39. The molecule has 0 saturated carbocycles. The molecule has 1 saturated heterocycles. The van der Waals surface area contributed by atoms with Gasteiger partial charge in [-0.3, -0.25) is 0 Å². The third kappa shape index (κ3) is 4.96. The van der Waals surface area contributed by atoms with Gasteiger partial charge in [0, 0.05) is 12.2 Å². The first kappa shape index (κ1) is 26.4. The van der Waals surface area contributed by atoms with Crippen molar-refractivity contribution < 1.29 is 54.7 Å². The highest BCUT2D eigenvalue weighted by molar-refractivity contribution is 5.55. The maximum absolute atomic E-state index is 10.5. The second kappa shape index (κ2) is 11.2. The number of hydrogen-bond donors (Lipinski definition) is 7. The first-order chi connectivity index (χ1) is 17.3. The fourth-order valence-corrected chi connectivity index (χ4v) is 4.64. The molecule has 0 aliphatic carbocycles. The maximum atomic E-state index is 10.5. The largest absolute Gasteiger partial charge is 0.504 e. The van der Waals surface area contributed by atoms with E-state index < -0.39 is 49.3 Å². The molecule has 0 bridgehead atoms. The smallest absolute Gasteiger partial charge is 0.229 e. The molecule has 11 heteroatoms. The molecule has 0 aromatic heterocycles. The van der Waals surface area contributed by atoms with E-state index in [0.717, 1.165) is 5.56 Å². The second-order valence-corrected chi connectivity index (χ2v) is 8.91. The summed E-state index contributed by atoms with van der Waals surface area (Å²) in [6.07, 6.45) is -6.71. The summed E-state index contributed by atoms with van der Waals surface area (Å²) in [7, 11) is 1.41. The highest BCUT2D eigenvalue weighted by Crippen LogP contribution is 2.51. The van der Waals surface area contributed by atoms with Crippen molar-refractivity contribution in [1.29, 1.82) is 0 Å². The first-order valence-corrected chi connectivity index (χ1v) is 11.7. The maximum Gasteiger partial charge on any atom is 0.229 e. The van der Waals surface area contributed by atoms with E-state index in [2.05, 4.69) is 0 Å². The highest BCUT2D eigenvalue weighted by Gasteiger charge is 2.45. The van der Waals surface area contributed by atoms with Crippen LogP contribution in [0.1, 0.15) is 35.1 Å². The fraction of sp³-hybridized carbons (Fsp3) is 0.520. The van der Waals surface area contributed by atoms with E-state index in [4.69, 9.17) is 24.1 Å². The van der Waals surface area contributed by atoms with Crippen molar-refractivity contribution >= 4 is 0 Å². The number of methoxy groups -OCH3 is 1. The summed E-state index contributed by atoms with van der Waals surface area (Å²) in [6.45, 7) is -0.804. The summed E-state index contributed by atoms with van der Waals surface area (Å²) in [5.74, 6) is 0.176. The Morgan fingerprint density at radius 3 is 2.36 bits per heavy atom. The summed E-state index contributed by atoms with van der Waals surface area (Å²) in [5.41, 5.74) is 2.11. The van der Waals surface area contributed by atoms with Gasteiger partial charge in [0.2, 0.25) is 6.29 Å². The van der Waals surface area contributed by atoms with E-state index in [-0.39, 0.29) is 36.2 Å². The average molecular weight is 509 g/mol. The van der Waals surface area contributed by atoms with Crippen LogP contribution in [-0.2, 0) is 11.2 Å². The summed E-state index contributed by atoms with van der Waals surface area (Å²) in [6, 6.07) is 8.29. The number of rotatable bonds is 9. The third-order valence-corrected chi connectivity index (χ3v) is 6.60. The van der Waals surface area contributed by atoms with E-state index >= 15 is 0 Å². The Morgan fingerprint density at radius 2 is 1.69 bits per heavy atom. The van der Waals surface area contributed by atoms with Crippen molar-refractivity contribution in [3.05, 3.63) is 47.0 Å². The Labute approximate surface area is 207 Å². The molecule has 0 spiro atoms. The van der Waals surface area contributed by atoms with Crippen LogP contribution in [0.25, 0.3) is 0 Å². The molecule has 0 unspecified atom stereocenters. The standard InChI is InChI=1S/C25H32O11/c1-33-18-9-13(4-5-17(18)34-25-22(32)21(31)20(30)19(11-28)35-25)23-15(10-27)14-7-12(3-2-6-26)8-16(29)24(14)36-23/h4-5,7-9,15,19-23,25-32H,2-3,6,10-11H2,1H3/t15-,19+,20-,21-,22-,23+,25+/m1/s1. The van der Waals surface area contributed by atoms with Crippen molar-refractivity contribution in [3.63, 3.8) is 0 Å². The van der Waals surface area contributed by atoms with Crippen molar-refractivity contribution in [1.82, 2.24) is 0 Å². The Morgan fingerprint density at radius 1 is 0.917 bits per heavy atom. The van der Waals surface area contributed by atoms with Crippen LogP contribution in [0.15, 0.2) is 30.3 Å². The fourth-order valence-electron chi connectivity index (χ4n) is 4.64. The normalized spacial score (nSPS) is 29.5. The highest BCUT2D eigenvalue weighted by atomic mass is 16.7. The van der Waals surface area contributed by atoms with Gasteiger partial charge in [0.1, 0.15) is 30.5 Å². The summed E-state index contributed by atoms with van der Waals surface area (Å²) >= 11 is 0. The minimum atomic E-state index is -1.59. The Bertz CT molecular complexity index is 1040. The molecule has 11 nitrogen and oxygen atoms in total. The van der Waals surface area contributed by atoms with E-state index in [0.29, 0.717) is 24.0 Å². The zero-order chi connectivity index (χ0) is 26.0. The number of aromatic hydroxyl groups is 1. The molecular formula is C25H32O11. The average Bonchev–Trinajstić information content (AvgIpc) is 3.27. The summed E-state index contributed by atoms with van der Waals surface area (Å²) in [4.78, 5) is 0. The van der Waals surface area contributed by atoms with Crippen LogP contribution in [0.5, 0.6) is 23.0 Å². The van der Waals surface area contributed by atoms with E-state index in [9.17, 15) is 30.6 Å². The van der Waals surface area contributed by atoms with Gasteiger partial charge in [-0.2, -0.15) is 0 Å². The monoisotopic (exact) mass is 508 g/mol. The van der Waals surface area contributed by atoms with Crippen molar-refractivity contribution in [2.45, 2.75) is 55.6 Å².